The molecule has 7 heteroatoms. The third-order valence-electron chi connectivity index (χ3n) is 1.57. The second-order valence-corrected chi connectivity index (χ2v) is 2.85. The van der Waals surface area contributed by atoms with Crippen molar-refractivity contribution in [1.82, 2.24) is 0 Å². The van der Waals surface area contributed by atoms with Crippen LogP contribution in [0.3, 0.4) is 0 Å². The van der Waals surface area contributed by atoms with Crippen LogP contribution in [0.1, 0.15) is 0 Å². The fraction of sp³-hybridized carbons (Fsp3) is 1.00. The predicted octanol–water partition coefficient (Wildman–Crippen LogP) is -2.72. The van der Waals surface area contributed by atoms with E-state index in [1.165, 1.54) is 0 Å². The van der Waals surface area contributed by atoms with Crippen LogP contribution in [-0.4, -0.2) is 63.2 Å². The fourth-order valence-electron chi connectivity index (χ4n) is 0.738. The van der Waals surface area contributed by atoms with Crippen LogP contribution in [0.4, 0.5) is 0 Å². The zero-order valence-electron chi connectivity index (χ0n) is 6.82. The average Bonchev–Trinajstić information content (AvgIpc) is 2.14. The quantitative estimate of drug-likeness (QED) is 0.212. The van der Waals surface area contributed by atoms with Gasteiger partial charge in [0.05, 0.1) is 13.2 Å². The molecule has 0 unspecified atom stereocenters. The summed E-state index contributed by atoms with van der Waals surface area (Å²) in [5, 5.41) is 44.6. The van der Waals surface area contributed by atoms with Gasteiger partial charge in [-0.3, -0.25) is 0 Å². The van der Waals surface area contributed by atoms with E-state index in [9.17, 15) is 0 Å². The van der Waals surface area contributed by atoms with Crippen molar-refractivity contribution in [3.05, 3.63) is 0 Å². The van der Waals surface area contributed by atoms with Crippen molar-refractivity contribution in [2.24, 2.45) is 0 Å². The van der Waals surface area contributed by atoms with E-state index in [0.29, 0.717) is 0 Å². The summed E-state index contributed by atoms with van der Waals surface area (Å²) in [5.74, 6) is 0. The summed E-state index contributed by atoms with van der Waals surface area (Å²) in [6.07, 6.45) is -6.07. The van der Waals surface area contributed by atoms with E-state index in [4.69, 9.17) is 25.5 Å². The summed E-state index contributed by atoms with van der Waals surface area (Å²) >= 11 is 3.33. The maximum absolute atomic E-state index is 9.13. The third kappa shape index (κ3) is 4.23. The molecular weight excluding hydrogens is 200 g/mol. The molecule has 0 saturated carbocycles. The molecule has 0 aromatic heterocycles. The van der Waals surface area contributed by atoms with E-state index < -0.39 is 31.0 Å². The van der Waals surface area contributed by atoms with Crippen molar-refractivity contribution in [3.63, 3.8) is 0 Å². The Bertz CT molecular complexity index is 134. The van der Waals surface area contributed by atoms with E-state index in [1.54, 1.807) is 0 Å². The molecule has 0 radical (unpaired) electrons. The number of aliphatic hydroxyl groups excluding tert-OH is 5. The molecule has 6 nitrogen and oxygen atoms in total. The molecule has 0 aromatic rings. The lowest BCUT2D eigenvalue weighted by Gasteiger charge is -2.24. The van der Waals surface area contributed by atoms with E-state index in [-0.39, 0.29) is 6.61 Å². The van der Waals surface area contributed by atoms with Gasteiger partial charge in [-0.15, -0.1) is 0 Å². The monoisotopic (exact) mass is 214 g/mol. The first-order valence-electron chi connectivity index (χ1n) is 3.64. The minimum absolute atomic E-state index is 0.292. The second-order valence-electron chi connectivity index (χ2n) is 2.59. The lowest BCUT2D eigenvalue weighted by Crippen LogP contribution is -2.47. The molecule has 0 saturated heterocycles. The minimum Gasteiger partial charge on any atom is -0.394 e. The highest BCUT2D eigenvalue weighted by Gasteiger charge is 2.29. The van der Waals surface area contributed by atoms with Crippen LogP contribution in [-0.2, 0) is 4.18 Å². The SMILES string of the molecule is OC[C@@H](O)[C@@H](O)[C@H](O)[C@@H](O)COS. The van der Waals surface area contributed by atoms with Gasteiger partial charge in [0.2, 0.25) is 0 Å². The summed E-state index contributed by atoms with van der Waals surface area (Å²) in [4.78, 5) is 0. The first-order chi connectivity index (χ1) is 6.04. The maximum Gasteiger partial charge on any atom is 0.111 e. The van der Waals surface area contributed by atoms with Gasteiger partial charge in [-0.1, -0.05) is 0 Å². The van der Waals surface area contributed by atoms with Gasteiger partial charge >= 0.3 is 0 Å². The highest BCUT2D eigenvalue weighted by atomic mass is 32.1. The number of thiol groups is 1. The first kappa shape index (κ1) is 13.1. The Balaban J connectivity index is 3.99. The average molecular weight is 214 g/mol. The topological polar surface area (TPSA) is 110 Å². The van der Waals surface area contributed by atoms with Crippen LogP contribution in [0.5, 0.6) is 0 Å². The van der Waals surface area contributed by atoms with E-state index >= 15 is 0 Å². The van der Waals surface area contributed by atoms with Crippen LogP contribution < -0.4 is 0 Å². The van der Waals surface area contributed by atoms with Gasteiger partial charge in [-0.25, -0.2) is 0 Å². The Morgan fingerprint density at radius 2 is 1.46 bits per heavy atom. The molecule has 0 amide bonds. The van der Waals surface area contributed by atoms with E-state index in [1.807, 2.05) is 0 Å². The van der Waals surface area contributed by atoms with Gasteiger partial charge < -0.3 is 29.7 Å². The molecule has 0 aliphatic heterocycles. The Hall–Kier alpha value is 0.110. The lowest BCUT2D eigenvalue weighted by molar-refractivity contribution is -0.120. The zero-order valence-corrected chi connectivity index (χ0v) is 7.71. The molecule has 0 heterocycles. The van der Waals surface area contributed by atoms with E-state index in [0.717, 1.165) is 0 Å². The number of hydrogen-bond acceptors (Lipinski definition) is 7. The van der Waals surface area contributed by atoms with Crippen molar-refractivity contribution in [2.45, 2.75) is 24.4 Å². The van der Waals surface area contributed by atoms with Crippen molar-refractivity contribution in [2.75, 3.05) is 13.2 Å². The summed E-state index contributed by atoms with van der Waals surface area (Å²) in [7, 11) is 0. The van der Waals surface area contributed by atoms with Crippen molar-refractivity contribution in [3.8, 4) is 0 Å². The van der Waals surface area contributed by atoms with Gasteiger partial charge in [0.1, 0.15) is 24.4 Å². The van der Waals surface area contributed by atoms with Gasteiger partial charge in [-0.2, -0.15) is 0 Å². The number of rotatable bonds is 6. The Morgan fingerprint density at radius 3 is 1.85 bits per heavy atom. The van der Waals surface area contributed by atoms with E-state index in [2.05, 4.69) is 17.1 Å². The Morgan fingerprint density at radius 1 is 1.00 bits per heavy atom. The summed E-state index contributed by atoms with van der Waals surface area (Å²) in [5.41, 5.74) is 0. The highest BCUT2D eigenvalue weighted by molar-refractivity contribution is 7.75. The molecule has 0 fully saturated rings. The molecular formula is C6H14O6S. The predicted molar refractivity (Wildman–Crippen MR) is 46.1 cm³/mol. The molecule has 4 atom stereocenters. The smallest absolute Gasteiger partial charge is 0.111 e. The largest absolute Gasteiger partial charge is 0.394 e. The molecule has 0 aliphatic carbocycles. The summed E-state index contributed by atoms with van der Waals surface area (Å²) in [6, 6.07) is 0. The van der Waals surface area contributed by atoms with Gasteiger partial charge in [-0.05, 0) is 12.9 Å². The van der Waals surface area contributed by atoms with Crippen LogP contribution in [0.15, 0.2) is 0 Å². The maximum atomic E-state index is 9.13. The first-order valence-corrected chi connectivity index (χ1v) is 4.00. The molecule has 0 aromatic carbocycles. The molecule has 80 valence electrons. The van der Waals surface area contributed by atoms with Crippen molar-refractivity contribution in [1.29, 1.82) is 0 Å². The van der Waals surface area contributed by atoms with Crippen LogP contribution in [0, 0.1) is 0 Å². The minimum atomic E-state index is -1.62. The van der Waals surface area contributed by atoms with Crippen LogP contribution in [0.2, 0.25) is 0 Å². The Labute approximate surface area is 81.0 Å². The highest BCUT2D eigenvalue weighted by Crippen LogP contribution is 2.05. The van der Waals surface area contributed by atoms with Gasteiger partial charge in [0, 0.05) is 0 Å². The van der Waals surface area contributed by atoms with Crippen molar-refractivity contribution >= 4 is 12.9 Å². The molecule has 0 aliphatic rings. The molecule has 0 bridgehead atoms. The molecule has 13 heavy (non-hydrogen) atoms. The molecule has 5 N–H and O–H groups in total. The van der Waals surface area contributed by atoms with Gasteiger partial charge in [0.15, 0.2) is 0 Å². The third-order valence-corrected chi connectivity index (χ3v) is 1.72. The number of aliphatic hydroxyl groups is 5. The molecule has 0 rings (SSSR count). The summed E-state index contributed by atoms with van der Waals surface area (Å²) < 4.78 is 4.22. The second kappa shape index (κ2) is 6.55. The lowest BCUT2D eigenvalue weighted by atomic mass is 10.0. The fourth-order valence-corrected chi connectivity index (χ4v) is 0.891. The molecule has 0 spiro atoms. The zero-order chi connectivity index (χ0) is 10.4. The van der Waals surface area contributed by atoms with Crippen molar-refractivity contribution < 1.29 is 29.7 Å². The normalized spacial score (nSPS) is 20.8. The summed E-state index contributed by atoms with van der Waals surface area (Å²) in [6.45, 7) is -0.994. The van der Waals surface area contributed by atoms with Crippen LogP contribution in [0.25, 0.3) is 0 Å². The number of hydrogen-bond donors (Lipinski definition) is 6. The van der Waals surface area contributed by atoms with Gasteiger partial charge in [0.25, 0.3) is 0 Å². The van der Waals surface area contributed by atoms with Crippen LogP contribution >= 0.6 is 12.9 Å². The standard InChI is InChI=1S/C6H14O6S/c7-1-3(8)5(10)6(11)4(9)2-12-13/h3-11,13H,1-2H2/t3-,4+,5-,6-/m1/s1. The Kier molecular flexibility index (Phi) is 6.60.